The van der Waals surface area contributed by atoms with Crippen molar-refractivity contribution < 1.29 is 13.9 Å². The number of ketones is 1. The number of ether oxygens (including phenoxy) is 1. The van der Waals surface area contributed by atoms with Gasteiger partial charge in [-0.2, -0.15) is 0 Å². The van der Waals surface area contributed by atoms with Crippen LogP contribution in [0.4, 0.5) is 10.1 Å². The normalized spacial score (nSPS) is 10.1. The second-order valence-electron chi connectivity index (χ2n) is 4.34. The van der Waals surface area contributed by atoms with Gasteiger partial charge in [0, 0.05) is 17.8 Å². The molecular formula is C16H16FNO2. The second kappa shape index (κ2) is 6.70. The Balaban J connectivity index is 1.79. The number of carbonyl (C=O) groups is 1. The highest BCUT2D eigenvalue weighted by molar-refractivity contribution is 5.94. The summed E-state index contributed by atoms with van der Waals surface area (Å²) in [6.07, 6.45) is 0. The smallest absolute Gasteiger partial charge is 0.165 e. The molecule has 0 heterocycles. The Hall–Kier alpha value is -2.36. The third kappa shape index (κ3) is 3.82. The molecule has 0 aliphatic carbocycles. The standard InChI is InChI=1S/C16H16FNO2/c1-12(19)13-6-8-14(9-7-13)18-10-11-20-16-5-3-2-4-15(16)17/h2-9,18H,10-11H2,1H3. The van der Waals surface area contributed by atoms with E-state index in [1.807, 2.05) is 12.1 Å². The van der Waals surface area contributed by atoms with E-state index in [0.29, 0.717) is 18.7 Å². The number of benzene rings is 2. The van der Waals surface area contributed by atoms with Gasteiger partial charge in [-0.3, -0.25) is 4.79 Å². The summed E-state index contributed by atoms with van der Waals surface area (Å²) < 4.78 is 18.6. The molecule has 0 aliphatic rings. The molecule has 104 valence electrons. The number of para-hydroxylation sites is 1. The lowest BCUT2D eigenvalue weighted by molar-refractivity contribution is 0.101. The van der Waals surface area contributed by atoms with Crippen LogP contribution in [0, 0.1) is 5.82 Å². The van der Waals surface area contributed by atoms with Crippen molar-refractivity contribution in [3.05, 3.63) is 59.9 Å². The van der Waals surface area contributed by atoms with E-state index < -0.39 is 0 Å². The molecule has 20 heavy (non-hydrogen) atoms. The molecule has 0 aliphatic heterocycles. The number of rotatable bonds is 6. The van der Waals surface area contributed by atoms with Gasteiger partial charge in [-0.25, -0.2) is 4.39 Å². The zero-order valence-electron chi connectivity index (χ0n) is 11.2. The molecule has 0 bridgehead atoms. The molecule has 0 amide bonds. The minimum absolute atomic E-state index is 0.0411. The molecule has 4 heteroatoms. The fraction of sp³-hybridized carbons (Fsp3) is 0.188. The highest BCUT2D eigenvalue weighted by atomic mass is 19.1. The van der Waals surface area contributed by atoms with Crippen molar-refractivity contribution >= 4 is 11.5 Å². The SMILES string of the molecule is CC(=O)c1ccc(NCCOc2ccccc2F)cc1. The number of halogens is 1. The maximum absolute atomic E-state index is 13.3. The molecule has 2 aromatic carbocycles. The minimum atomic E-state index is -0.363. The van der Waals surface area contributed by atoms with Crippen molar-refractivity contribution in [2.24, 2.45) is 0 Å². The van der Waals surface area contributed by atoms with Crippen LogP contribution in [0.5, 0.6) is 5.75 Å². The molecule has 0 saturated carbocycles. The molecule has 0 fully saturated rings. The molecule has 3 nitrogen and oxygen atoms in total. The van der Waals surface area contributed by atoms with E-state index in [4.69, 9.17) is 4.74 Å². The van der Waals surface area contributed by atoms with Crippen LogP contribution in [0.25, 0.3) is 0 Å². The van der Waals surface area contributed by atoms with Gasteiger partial charge in [-0.15, -0.1) is 0 Å². The van der Waals surface area contributed by atoms with Crippen LogP contribution in [-0.4, -0.2) is 18.9 Å². The predicted octanol–water partition coefficient (Wildman–Crippen LogP) is 3.52. The van der Waals surface area contributed by atoms with Crippen LogP contribution in [0.15, 0.2) is 48.5 Å². The molecule has 2 aromatic rings. The molecule has 0 atom stereocenters. The molecule has 1 N–H and O–H groups in total. The van der Waals surface area contributed by atoms with E-state index in [2.05, 4.69) is 5.32 Å². The monoisotopic (exact) mass is 273 g/mol. The van der Waals surface area contributed by atoms with Crippen molar-refractivity contribution in [1.82, 2.24) is 0 Å². The van der Waals surface area contributed by atoms with Crippen LogP contribution < -0.4 is 10.1 Å². The number of carbonyl (C=O) groups excluding carboxylic acids is 1. The number of anilines is 1. The van der Waals surface area contributed by atoms with Crippen LogP contribution >= 0.6 is 0 Å². The van der Waals surface area contributed by atoms with Crippen molar-refractivity contribution in [3.8, 4) is 5.75 Å². The number of nitrogens with one attached hydrogen (secondary N) is 1. The highest BCUT2D eigenvalue weighted by Gasteiger charge is 2.01. The zero-order chi connectivity index (χ0) is 14.4. The van der Waals surface area contributed by atoms with Gasteiger partial charge in [0.25, 0.3) is 0 Å². The molecule has 0 radical (unpaired) electrons. The molecule has 2 rings (SSSR count). The second-order valence-corrected chi connectivity index (χ2v) is 4.34. The Morgan fingerprint density at radius 1 is 1.15 bits per heavy atom. The topological polar surface area (TPSA) is 38.3 Å². The lowest BCUT2D eigenvalue weighted by Crippen LogP contribution is -2.12. The van der Waals surface area contributed by atoms with Crippen molar-refractivity contribution in [2.75, 3.05) is 18.5 Å². The fourth-order valence-electron chi connectivity index (χ4n) is 1.74. The first-order valence-electron chi connectivity index (χ1n) is 6.39. The zero-order valence-corrected chi connectivity index (χ0v) is 11.2. The van der Waals surface area contributed by atoms with Gasteiger partial charge in [0.15, 0.2) is 17.3 Å². The van der Waals surface area contributed by atoms with Crippen LogP contribution in [-0.2, 0) is 0 Å². The summed E-state index contributed by atoms with van der Waals surface area (Å²) in [7, 11) is 0. The maximum Gasteiger partial charge on any atom is 0.165 e. The summed E-state index contributed by atoms with van der Waals surface area (Å²) in [5.74, 6) is -0.0704. The van der Waals surface area contributed by atoms with Gasteiger partial charge in [-0.1, -0.05) is 12.1 Å². The van der Waals surface area contributed by atoms with E-state index in [9.17, 15) is 9.18 Å². The Bertz CT molecular complexity index is 581. The number of Topliss-reactive ketones (excluding diaryl/α,β-unsaturated/α-hetero) is 1. The quantitative estimate of drug-likeness (QED) is 0.646. The number of hydrogen-bond donors (Lipinski definition) is 1. The first-order valence-corrected chi connectivity index (χ1v) is 6.39. The van der Waals surface area contributed by atoms with Crippen LogP contribution in [0.1, 0.15) is 17.3 Å². The van der Waals surface area contributed by atoms with E-state index >= 15 is 0 Å². The molecule has 0 spiro atoms. The number of hydrogen-bond acceptors (Lipinski definition) is 3. The van der Waals surface area contributed by atoms with Crippen molar-refractivity contribution in [3.63, 3.8) is 0 Å². The van der Waals surface area contributed by atoms with Gasteiger partial charge < -0.3 is 10.1 Å². The summed E-state index contributed by atoms with van der Waals surface area (Å²) in [6.45, 7) is 2.44. The fourth-order valence-corrected chi connectivity index (χ4v) is 1.74. The lowest BCUT2D eigenvalue weighted by Gasteiger charge is -2.09. The predicted molar refractivity (Wildman–Crippen MR) is 76.8 cm³/mol. The summed E-state index contributed by atoms with van der Waals surface area (Å²) in [5, 5.41) is 3.14. The maximum atomic E-state index is 13.3. The molecular weight excluding hydrogens is 257 g/mol. The highest BCUT2D eigenvalue weighted by Crippen LogP contribution is 2.15. The van der Waals surface area contributed by atoms with E-state index in [1.54, 1.807) is 30.3 Å². The van der Waals surface area contributed by atoms with E-state index in [1.165, 1.54) is 13.0 Å². The first kappa shape index (κ1) is 14.1. The van der Waals surface area contributed by atoms with Gasteiger partial charge in [-0.05, 0) is 43.3 Å². The van der Waals surface area contributed by atoms with Gasteiger partial charge in [0.1, 0.15) is 6.61 Å². The molecule has 0 unspecified atom stereocenters. The third-order valence-corrected chi connectivity index (χ3v) is 2.82. The lowest BCUT2D eigenvalue weighted by atomic mass is 10.1. The summed E-state index contributed by atoms with van der Waals surface area (Å²) >= 11 is 0. The largest absolute Gasteiger partial charge is 0.489 e. The van der Waals surface area contributed by atoms with Crippen LogP contribution in [0.3, 0.4) is 0 Å². The average molecular weight is 273 g/mol. The van der Waals surface area contributed by atoms with E-state index in [-0.39, 0.29) is 17.3 Å². The van der Waals surface area contributed by atoms with Gasteiger partial charge in [0.05, 0.1) is 0 Å². The Labute approximate surface area is 117 Å². The summed E-state index contributed by atoms with van der Waals surface area (Å²) in [4.78, 5) is 11.1. The molecule has 0 saturated heterocycles. The molecule has 0 aromatic heterocycles. The van der Waals surface area contributed by atoms with Gasteiger partial charge >= 0.3 is 0 Å². The minimum Gasteiger partial charge on any atom is -0.489 e. The third-order valence-electron chi connectivity index (χ3n) is 2.82. The Morgan fingerprint density at radius 3 is 2.50 bits per heavy atom. The summed E-state index contributed by atoms with van der Waals surface area (Å²) in [6, 6.07) is 13.5. The van der Waals surface area contributed by atoms with Crippen molar-refractivity contribution in [1.29, 1.82) is 0 Å². The summed E-state index contributed by atoms with van der Waals surface area (Å²) in [5.41, 5.74) is 1.57. The Morgan fingerprint density at radius 2 is 1.85 bits per heavy atom. The average Bonchev–Trinajstić information content (AvgIpc) is 2.46. The Kier molecular flexibility index (Phi) is 4.71. The van der Waals surface area contributed by atoms with Crippen LogP contribution in [0.2, 0.25) is 0 Å². The van der Waals surface area contributed by atoms with Crippen molar-refractivity contribution in [2.45, 2.75) is 6.92 Å². The van der Waals surface area contributed by atoms with Gasteiger partial charge in [0.2, 0.25) is 0 Å². The van der Waals surface area contributed by atoms with E-state index in [0.717, 1.165) is 5.69 Å². The first-order chi connectivity index (χ1) is 9.66.